The number of halogens is 2. The number of nitrogens with zero attached hydrogens (tertiary/aromatic N) is 2. The maximum atomic E-state index is 12.0. The van der Waals surface area contributed by atoms with Crippen molar-refractivity contribution in [1.29, 1.82) is 0 Å². The van der Waals surface area contributed by atoms with Gasteiger partial charge >= 0.3 is 0 Å². The fourth-order valence-electron chi connectivity index (χ4n) is 2.04. The third-order valence-corrected chi connectivity index (χ3v) is 3.65. The molecule has 0 heterocycles. The molecule has 1 amide bonds. The number of aliphatic imine (C=N–C) groups is 1. The molecule has 0 unspecified atom stereocenters. The number of rotatable bonds is 8. The average Bonchev–Trinajstić information content (AvgIpc) is 2.55. The van der Waals surface area contributed by atoms with Gasteiger partial charge in [-0.15, -0.1) is 24.0 Å². The highest BCUT2D eigenvalue weighted by atomic mass is 127. The minimum absolute atomic E-state index is 0. The monoisotopic (exact) mass is 466 g/mol. The second-order valence-electron chi connectivity index (χ2n) is 5.25. The molecule has 136 valence electrons. The zero-order chi connectivity index (χ0) is 17.1. The van der Waals surface area contributed by atoms with Crippen molar-refractivity contribution in [3.8, 4) is 0 Å². The smallest absolute Gasteiger partial charge is 0.252 e. The van der Waals surface area contributed by atoms with E-state index in [1.165, 1.54) is 0 Å². The average molecular weight is 467 g/mol. The number of benzene rings is 1. The van der Waals surface area contributed by atoms with E-state index >= 15 is 0 Å². The fourth-order valence-corrected chi connectivity index (χ4v) is 2.26. The molecular formula is C17H28ClIN4O. The minimum Gasteiger partial charge on any atom is -0.357 e. The first-order valence-electron chi connectivity index (χ1n) is 8.12. The van der Waals surface area contributed by atoms with E-state index in [1.807, 2.05) is 14.0 Å². The van der Waals surface area contributed by atoms with Gasteiger partial charge in [0.2, 0.25) is 0 Å². The van der Waals surface area contributed by atoms with Crippen LogP contribution in [0, 0.1) is 0 Å². The molecule has 24 heavy (non-hydrogen) atoms. The third kappa shape index (κ3) is 8.19. The molecule has 0 spiro atoms. The zero-order valence-electron chi connectivity index (χ0n) is 14.6. The van der Waals surface area contributed by atoms with E-state index in [1.54, 1.807) is 24.3 Å². The van der Waals surface area contributed by atoms with Crippen LogP contribution in [-0.2, 0) is 0 Å². The SMILES string of the molecule is CCCCN(C)C(=NCCNC(=O)c1ccccc1Cl)NCC.I. The molecule has 2 N–H and O–H groups in total. The third-order valence-electron chi connectivity index (χ3n) is 3.32. The Kier molecular flexibility index (Phi) is 12.7. The van der Waals surface area contributed by atoms with E-state index < -0.39 is 0 Å². The molecule has 0 aliphatic rings. The number of hydrogen-bond acceptors (Lipinski definition) is 2. The van der Waals surface area contributed by atoms with Crippen molar-refractivity contribution >= 4 is 47.4 Å². The molecule has 1 rings (SSSR count). The van der Waals surface area contributed by atoms with Crippen LogP contribution in [0.4, 0.5) is 0 Å². The minimum atomic E-state index is -0.171. The Bertz CT molecular complexity index is 525. The van der Waals surface area contributed by atoms with E-state index in [9.17, 15) is 4.79 Å². The van der Waals surface area contributed by atoms with Crippen molar-refractivity contribution in [2.75, 3.05) is 33.2 Å². The van der Waals surface area contributed by atoms with Crippen LogP contribution in [0.1, 0.15) is 37.0 Å². The van der Waals surface area contributed by atoms with Gasteiger partial charge in [0.25, 0.3) is 5.91 Å². The lowest BCUT2D eigenvalue weighted by atomic mass is 10.2. The van der Waals surface area contributed by atoms with Gasteiger partial charge in [0.1, 0.15) is 0 Å². The molecular weight excluding hydrogens is 439 g/mol. The van der Waals surface area contributed by atoms with E-state index in [0.29, 0.717) is 23.7 Å². The molecule has 0 aliphatic heterocycles. The Morgan fingerprint density at radius 2 is 1.96 bits per heavy atom. The number of amides is 1. The topological polar surface area (TPSA) is 56.7 Å². The summed E-state index contributed by atoms with van der Waals surface area (Å²) in [5.41, 5.74) is 0.491. The number of nitrogens with one attached hydrogen (secondary N) is 2. The van der Waals surface area contributed by atoms with Gasteiger partial charge in [-0.05, 0) is 25.5 Å². The first-order valence-corrected chi connectivity index (χ1v) is 8.50. The second kappa shape index (κ2) is 13.3. The van der Waals surface area contributed by atoms with Crippen molar-refractivity contribution in [2.45, 2.75) is 26.7 Å². The molecule has 0 radical (unpaired) electrons. The Morgan fingerprint density at radius 1 is 1.25 bits per heavy atom. The van der Waals surface area contributed by atoms with Crippen LogP contribution in [0.25, 0.3) is 0 Å². The molecule has 1 aromatic carbocycles. The Hall–Kier alpha value is -1.02. The predicted molar refractivity (Wildman–Crippen MR) is 113 cm³/mol. The molecule has 0 fully saturated rings. The maximum Gasteiger partial charge on any atom is 0.252 e. The van der Waals surface area contributed by atoms with Crippen LogP contribution in [-0.4, -0.2) is 50.0 Å². The van der Waals surface area contributed by atoms with E-state index in [-0.39, 0.29) is 29.9 Å². The highest BCUT2D eigenvalue weighted by Crippen LogP contribution is 2.14. The van der Waals surface area contributed by atoms with Crippen molar-refractivity contribution in [2.24, 2.45) is 4.99 Å². The molecule has 0 bridgehead atoms. The van der Waals surface area contributed by atoms with Gasteiger partial charge in [0, 0.05) is 26.7 Å². The van der Waals surface area contributed by atoms with Crippen molar-refractivity contribution in [3.63, 3.8) is 0 Å². The van der Waals surface area contributed by atoms with Gasteiger partial charge in [-0.2, -0.15) is 0 Å². The summed E-state index contributed by atoms with van der Waals surface area (Å²) in [6, 6.07) is 7.02. The zero-order valence-corrected chi connectivity index (χ0v) is 17.7. The number of carbonyl (C=O) groups excluding carboxylic acids is 1. The van der Waals surface area contributed by atoms with Gasteiger partial charge in [-0.1, -0.05) is 37.1 Å². The van der Waals surface area contributed by atoms with Crippen LogP contribution in [0.5, 0.6) is 0 Å². The second-order valence-corrected chi connectivity index (χ2v) is 5.65. The van der Waals surface area contributed by atoms with Crippen LogP contribution in [0.15, 0.2) is 29.3 Å². The van der Waals surface area contributed by atoms with Crippen molar-refractivity contribution in [3.05, 3.63) is 34.9 Å². The maximum absolute atomic E-state index is 12.0. The van der Waals surface area contributed by atoms with E-state index in [2.05, 4.69) is 27.4 Å². The summed E-state index contributed by atoms with van der Waals surface area (Å²) < 4.78 is 0. The summed E-state index contributed by atoms with van der Waals surface area (Å²) >= 11 is 6.01. The van der Waals surface area contributed by atoms with Crippen molar-refractivity contribution < 1.29 is 4.79 Å². The van der Waals surface area contributed by atoms with Crippen molar-refractivity contribution in [1.82, 2.24) is 15.5 Å². The molecule has 0 aromatic heterocycles. The van der Waals surface area contributed by atoms with Crippen LogP contribution >= 0.6 is 35.6 Å². The Balaban J connectivity index is 0.00000529. The quantitative estimate of drug-likeness (QED) is 0.267. The summed E-state index contributed by atoms with van der Waals surface area (Å²) in [6.45, 7) is 7.00. The van der Waals surface area contributed by atoms with E-state index in [4.69, 9.17) is 11.6 Å². The molecule has 0 aliphatic carbocycles. The van der Waals surface area contributed by atoms with Crippen LogP contribution in [0.3, 0.4) is 0 Å². The lowest BCUT2D eigenvalue weighted by Gasteiger charge is -2.21. The van der Waals surface area contributed by atoms with Gasteiger partial charge < -0.3 is 15.5 Å². The number of guanidine groups is 1. The Labute approximate surface area is 167 Å². The van der Waals surface area contributed by atoms with Gasteiger partial charge in [0.05, 0.1) is 17.1 Å². The van der Waals surface area contributed by atoms with Crippen LogP contribution < -0.4 is 10.6 Å². The predicted octanol–water partition coefficient (Wildman–Crippen LogP) is 3.39. The molecule has 7 heteroatoms. The molecule has 0 saturated heterocycles. The van der Waals surface area contributed by atoms with Crippen LogP contribution in [0.2, 0.25) is 5.02 Å². The number of hydrogen-bond donors (Lipinski definition) is 2. The molecule has 0 saturated carbocycles. The normalized spacial score (nSPS) is 10.8. The van der Waals surface area contributed by atoms with Gasteiger partial charge in [0.15, 0.2) is 5.96 Å². The first-order chi connectivity index (χ1) is 11.1. The molecule has 0 atom stereocenters. The molecule has 1 aromatic rings. The number of carbonyl (C=O) groups is 1. The van der Waals surface area contributed by atoms with E-state index in [0.717, 1.165) is 31.9 Å². The first kappa shape index (κ1) is 23.0. The van der Waals surface area contributed by atoms with Gasteiger partial charge in [-0.25, -0.2) is 0 Å². The summed E-state index contributed by atoms with van der Waals surface area (Å²) in [4.78, 5) is 18.7. The summed E-state index contributed by atoms with van der Waals surface area (Å²) in [7, 11) is 2.03. The highest BCUT2D eigenvalue weighted by Gasteiger charge is 2.08. The summed E-state index contributed by atoms with van der Waals surface area (Å²) in [5, 5.41) is 6.56. The lowest BCUT2D eigenvalue weighted by Crippen LogP contribution is -2.40. The standard InChI is InChI=1S/C17H27ClN4O.HI/c1-4-6-13-22(3)17(19-5-2)21-12-11-20-16(23)14-9-7-8-10-15(14)18;/h7-10H,4-6,11-13H2,1-3H3,(H,19,21)(H,20,23);1H. The number of unbranched alkanes of at least 4 members (excludes halogenated alkanes) is 1. The lowest BCUT2D eigenvalue weighted by molar-refractivity contribution is 0.0955. The highest BCUT2D eigenvalue weighted by molar-refractivity contribution is 14.0. The summed E-state index contributed by atoms with van der Waals surface area (Å²) in [6.07, 6.45) is 2.28. The fraction of sp³-hybridized carbons (Fsp3) is 0.529. The van der Waals surface area contributed by atoms with Gasteiger partial charge in [-0.3, -0.25) is 9.79 Å². The molecule has 5 nitrogen and oxygen atoms in total. The summed E-state index contributed by atoms with van der Waals surface area (Å²) in [5.74, 6) is 0.697. The Morgan fingerprint density at radius 3 is 2.58 bits per heavy atom. The largest absolute Gasteiger partial charge is 0.357 e.